The van der Waals surface area contributed by atoms with Crippen molar-refractivity contribution in [2.75, 3.05) is 13.1 Å². The van der Waals surface area contributed by atoms with E-state index in [0.29, 0.717) is 12.1 Å². The minimum Gasteiger partial charge on any atom is -0.313 e. The predicted molar refractivity (Wildman–Crippen MR) is 81.8 cm³/mol. The highest BCUT2D eigenvalue weighted by atomic mass is 15.2. The first-order valence-electron chi connectivity index (χ1n) is 7.66. The Kier molecular flexibility index (Phi) is 4.03. The van der Waals surface area contributed by atoms with Gasteiger partial charge in [0, 0.05) is 37.6 Å². The number of aromatic nitrogens is 2. The summed E-state index contributed by atoms with van der Waals surface area (Å²) in [6.07, 6.45) is 6.62. The third-order valence-electron chi connectivity index (χ3n) is 4.35. The van der Waals surface area contributed by atoms with Crippen LogP contribution in [0.1, 0.15) is 32.4 Å². The predicted octanol–water partition coefficient (Wildman–Crippen LogP) is 2.30. The lowest BCUT2D eigenvalue weighted by Gasteiger charge is -2.27. The highest BCUT2D eigenvalue weighted by molar-refractivity contribution is 5.39. The minimum atomic E-state index is 0.608. The van der Waals surface area contributed by atoms with Gasteiger partial charge in [-0.2, -0.15) is 0 Å². The zero-order valence-corrected chi connectivity index (χ0v) is 12.4. The average Bonchev–Trinajstić information content (AvgIpc) is 2.78. The molecule has 3 heterocycles. The molecular formula is C16H24N4. The van der Waals surface area contributed by atoms with E-state index in [-0.39, 0.29) is 0 Å². The molecule has 0 aliphatic carbocycles. The van der Waals surface area contributed by atoms with Crippen molar-refractivity contribution in [3.63, 3.8) is 0 Å². The fourth-order valence-corrected chi connectivity index (χ4v) is 2.97. The van der Waals surface area contributed by atoms with E-state index in [9.17, 15) is 0 Å². The summed E-state index contributed by atoms with van der Waals surface area (Å²) >= 11 is 0. The lowest BCUT2D eigenvalue weighted by Crippen LogP contribution is -2.39. The van der Waals surface area contributed by atoms with Crippen molar-refractivity contribution < 1.29 is 0 Å². The Labute approximate surface area is 120 Å². The second-order valence-corrected chi connectivity index (χ2v) is 5.82. The molecule has 1 aliphatic heterocycles. The standard InChI is InChI=1S/C16H24N4/c1-3-14-10-20(13(2)7-8-17-14)12-15-11-19-9-5-4-6-16(19)18-15/h4-6,9,11,13-14,17H,3,7-8,10,12H2,1-2H3. The molecule has 1 N–H and O–H groups in total. The van der Waals surface area contributed by atoms with Crippen LogP contribution >= 0.6 is 0 Å². The normalized spacial score (nSPS) is 24.9. The molecule has 2 aromatic heterocycles. The zero-order chi connectivity index (χ0) is 13.9. The highest BCUT2D eigenvalue weighted by Crippen LogP contribution is 2.15. The van der Waals surface area contributed by atoms with Gasteiger partial charge in [0.25, 0.3) is 0 Å². The average molecular weight is 272 g/mol. The summed E-state index contributed by atoms with van der Waals surface area (Å²) in [5.74, 6) is 0. The smallest absolute Gasteiger partial charge is 0.137 e. The van der Waals surface area contributed by atoms with E-state index >= 15 is 0 Å². The fourth-order valence-electron chi connectivity index (χ4n) is 2.97. The van der Waals surface area contributed by atoms with E-state index in [1.165, 1.54) is 18.5 Å². The van der Waals surface area contributed by atoms with Crippen molar-refractivity contribution >= 4 is 5.65 Å². The number of imidazole rings is 1. The third-order valence-corrected chi connectivity index (χ3v) is 4.35. The zero-order valence-electron chi connectivity index (χ0n) is 12.4. The number of fused-ring (bicyclic) bond motifs is 1. The molecule has 20 heavy (non-hydrogen) atoms. The van der Waals surface area contributed by atoms with Crippen LogP contribution in [0.5, 0.6) is 0 Å². The summed E-state index contributed by atoms with van der Waals surface area (Å²) in [7, 11) is 0. The topological polar surface area (TPSA) is 32.6 Å². The Morgan fingerprint density at radius 3 is 3.10 bits per heavy atom. The maximum atomic E-state index is 4.72. The van der Waals surface area contributed by atoms with Gasteiger partial charge in [-0.1, -0.05) is 13.0 Å². The van der Waals surface area contributed by atoms with Gasteiger partial charge in [-0.05, 0) is 38.4 Å². The second kappa shape index (κ2) is 5.94. The lowest BCUT2D eigenvalue weighted by atomic mass is 10.2. The van der Waals surface area contributed by atoms with Crippen LogP contribution in [0.4, 0.5) is 0 Å². The monoisotopic (exact) mass is 272 g/mol. The van der Waals surface area contributed by atoms with Gasteiger partial charge in [-0.15, -0.1) is 0 Å². The molecule has 0 radical (unpaired) electrons. The van der Waals surface area contributed by atoms with Crippen LogP contribution < -0.4 is 5.32 Å². The number of nitrogens with one attached hydrogen (secondary N) is 1. The first-order chi connectivity index (χ1) is 9.76. The Bertz CT molecular complexity index is 529. The van der Waals surface area contributed by atoms with Crippen molar-refractivity contribution in [3.05, 3.63) is 36.3 Å². The number of rotatable bonds is 3. The van der Waals surface area contributed by atoms with Crippen molar-refractivity contribution in [1.29, 1.82) is 0 Å². The van der Waals surface area contributed by atoms with Crippen LogP contribution in [0.2, 0.25) is 0 Å². The number of nitrogens with zero attached hydrogens (tertiary/aromatic N) is 3. The Morgan fingerprint density at radius 2 is 2.30 bits per heavy atom. The molecule has 108 valence electrons. The van der Waals surface area contributed by atoms with E-state index in [0.717, 1.165) is 25.3 Å². The van der Waals surface area contributed by atoms with Gasteiger partial charge in [-0.25, -0.2) is 4.98 Å². The van der Waals surface area contributed by atoms with E-state index < -0.39 is 0 Å². The van der Waals surface area contributed by atoms with Gasteiger partial charge in [0.15, 0.2) is 0 Å². The molecule has 0 aromatic carbocycles. The summed E-state index contributed by atoms with van der Waals surface area (Å²) in [6, 6.07) is 7.37. The highest BCUT2D eigenvalue weighted by Gasteiger charge is 2.22. The van der Waals surface area contributed by atoms with Crippen molar-refractivity contribution in [3.8, 4) is 0 Å². The van der Waals surface area contributed by atoms with Crippen LogP contribution in [0, 0.1) is 0 Å². The van der Waals surface area contributed by atoms with Crippen LogP contribution in [0.3, 0.4) is 0 Å². The minimum absolute atomic E-state index is 0.608. The molecule has 4 heteroatoms. The van der Waals surface area contributed by atoms with E-state index in [1.807, 2.05) is 12.1 Å². The molecule has 0 amide bonds. The summed E-state index contributed by atoms with van der Waals surface area (Å²) in [5.41, 5.74) is 2.20. The first kappa shape index (κ1) is 13.6. The SMILES string of the molecule is CCC1CN(Cc2cn3ccccc3n2)C(C)CCN1. The van der Waals surface area contributed by atoms with Crippen molar-refractivity contribution in [2.45, 2.75) is 45.3 Å². The number of pyridine rings is 1. The van der Waals surface area contributed by atoms with Gasteiger partial charge in [0.2, 0.25) is 0 Å². The summed E-state index contributed by atoms with van der Waals surface area (Å²) in [5, 5.41) is 3.64. The Morgan fingerprint density at radius 1 is 1.40 bits per heavy atom. The fraction of sp³-hybridized carbons (Fsp3) is 0.562. The summed E-state index contributed by atoms with van der Waals surface area (Å²) in [6.45, 7) is 7.78. The summed E-state index contributed by atoms with van der Waals surface area (Å²) in [4.78, 5) is 7.29. The molecule has 4 nitrogen and oxygen atoms in total. The molecule has 0 bridgehead atoms. The molecule has 1 aliphatic rings. The van der Waals surface area contributed by atoms with Gasteiger partial charge in [-0.3, -0.25) is 4.90 Å². The van der Waals surface area contributed by atoms with Gasteiger partial charge in [0.1, 0.15) is 5.65 Å². The lowest BCUT2D eigenvalue weighted by molar-refractivity contribution is 0.192. The molecule has 0 spiro atoms. The largest absolute Gasteiger partial charge is 0.313 e. The Hall–Kier alpha value is -1.39. The van der Waals surface area contributed by atoms with Gasteiger partial charge >= 0.3 is 0 Å². The molecule has 2 aromatic rings. The molecule has 1 fully saturated rings. The van der Waals surface area contributed by atoms with Crippen LogP contribution in [0.15, 0.2) is 30.6 Å². The van der Waals surface area contributed by atoms with E-state index in [2.05, 4.69) is 46.9 Å². The number of hydrogen-bond donors (Lipinski definition) is 1. The van der Waals surface area contributed by atoms with Gasteiger partial charge in [0.05, 0.1) is 5.69 Å². The molecule has 1 saturated heterocycles. The molecule has 0 saturated carbocycles. The molecular weight excluding hydrogens is 248 g/mol. The summed E-state index contributed by atoms with van der Waals surface area (Å²) < 4.78 is 2.10. The van der Waals surface area contributed by atoms with Crippen LogP contribution in [-0.4, -0.2) is 39.5 Å². The maximum absolute atomic E-state index is 4.72. The third kappa shape index (κ3) is 2.86. The number of hydrogen-bond acceptors (Lipinski definition) is 3. The Balaban J connectivity index is 1.77. The first-order valence-corrected chi connectivity index (χ1v) is 7.66. The quantitative estimate of drug-likeness (QED) is 0.930. The van der Waals surface area contributed by atoms with E-state index in [4.69, 9.17) is 4.98 Å². The maximum Gasteiger partial charge on any atom is 0.137 e. The van der Waals surface area contributed by atoms with Gasteiger partial charge < -0.3 is 9.72 Å². The second-order valence-electron chi connectivity index (χ2n) is 5.82. The van der Waals surface area contributed by atoms with Crippen molar-refractivity contribution in [2.24, 2.45) is 0 Å². The molecule has 2 atom stereocenters. The van der Waals surface area contributed by atoms with Crippen LogP contribution in [-0.2, 0) is 6.54 Å². The molecule has 2 unspecified atom stereocenters. The molecule has 3 rings (SSSR count). The van der Waals surface area contributed by atoms with E-state index in [1.54, 1.807) is 0 Å². The van der Waals surface area contributed by atoms with Crippen LogP contribution in [0.25, 0.3) is 5.65 Å². The van der Waals surface area contributed by atoms with Crippen molar-refractivity contribution in [1.82, 2.24) is 19.6 Å².